The molecule has 4 nitrogen and oxygen atoms in total. The van der Waals surface area contributed by atoms with Crippen LogP contribution in [0.25, 0.3) is 22.0 Å². The summed E-state index contributed by atoms with van der Waals surface area (Å²) in [6.45, 7) is 1.99. The van der Waals surface area contributed by atoms with Crippen LogP contribution >= 0.6 is 0 Å². The number of hydrogen-bond donors (Lipinski definition) is 1. The molecule has 1 aromatic heterocycles. The molecule has 0 aliphatic heterocycles. The normalized spacial score (nSPS) is 10.7. The maximum Gasteiger partial charge on any atom is 0.254 e. The molecule has 0 radical (unpaired) electrons. The molecule has 2 aromatic carbocycles. The number of benzene rings is 2. The molecule has 0 atom stereocenters. The summed E-state index contributed by atoms with van der Waals surface area (Å²) in [6.07, 6.45) is 0. The van der Waals surface area contributed by atoms with Gasteiger partial charge in [-0.3, -0.25) is 0 Å². The zero-order chi connectivity index (χ0) is 15.7. The molecule has 4 heteroatoms. The maximum atomic E-state index is 6.32. The average molecular weight is 295 g/mol. The van der Waals surface area contributed by atoms with Crippen molar-refractivity contribution < 1.29 is 14.1 Å². The Labute approximate surface area is 129 Å². The Bertz CT molecular complexity index is 830. The zero-order valence-corrected chi connectivity index (χ0v) is 13.0. The van der Waals surface area contributed by atoms with Crippen molar-refractivity contribution in [3.8, 4) is 22.8 Å². The first-order chi connectivity index (χ1) is 10.7. The van der Waals surface area contributed by atoms with E-state index in [4.69, 9.17) is 15.3 Å². The van der Waals surface area contributed by atoms with Gasteiger partial charge in [0.1, 0.15) is 5.39 Å². The maximum absolute atomic E-state index is 6.32. The third-order valence-electron chi connectivity index (χ3n) is 3.85. The van der Waals surface area contributed by atoms with Crippen LogP contribution in [0.1, 0.15) is 5.69 Å². The highest BCUT2D eigenvalue weighted by atomic mass is 16.5. The van der Waals surface area contributed by atoms with Gasteiger partial charge in [-0.2, -0.15) is 0 Å². The van der Waals surface area contributed by atoms with E-state index in [9.17, 15) is 0 Å². The highest BCUT2D eigenvalue weighted by Crippen LogP contribution is 2.39. The van der Waals surface area contributed by atoms with E-state index < -0.39 is 0 Å². The Morgan fingerprint density at radius 3 is 2.32 bits per heavy atom. The number of rotatable bonds is 3. The molecule has 0 saturated carbocycles. The molecule has 3 aromatic rings. The molecule has 0 unspecified atom stereocenters. The number of nitrogens with two attached hydrogens (primary N) is 1. The summed E-state index contributed by atoms with van der Waals surface area (Å²) < 4.78 is 12.7. The van der Waals surface area contributed by atoms with E-state index in [1.807, 2.05) is 55.5 Å². The van der Waals surface area contributed by atoms with Crippen LogP contribution in [0.4, 0.5) is 0 Å². The van der Waals surface area contributed by atoms with Gasteiger partial charge >= 0.3 is 0 Å². The number of fused-ring (bicyclic) bond motifs is 1. The van der Waals surface area contributed by atoms with Gasteiger partial charge in [0, 0.05) is 18.6 Å². The van der Waals surface area contributed by atoms with E-state index in [-0.39, 0.29) is 0 Å². The number of hydrogen-bond acceptors (Lipinski definition) is 3. The number of ether oxygens (including phenoxy) is 2. The minimum atomic E-state index is 0.691. The summed E-state index contributed by atoms with van der Waals surface area (Å²) in [6, 6.07) is 16.0. The molecule has 0 spiro atoms. The Kier molecular flexibility index (Phi) is 3.59. The molecule has 0 bridgehead atoms. The smallest absolute Gasteiger partial charge is 0.254 e. The van der Waals surface area contributed by atoms with Crippen LogP contribution in [0.3, 0.4) is 0 Å². The van der Waals surface area contributed by atoms with Crippen LogP contribution in [-0.4, -0.2) is 14.2 Å². The van der Waals surface area contributed by atoms with Crippen molar-refractivity contribution >= 4 is 10.8 Å². The van der Waals surface area contributed by atoms with Gasteiger partial charge in [-0.1, -0.05) is 22.9 Å². The minimum absolute atomic E-state index is 0.691. The summed E-state index contributed by atoms with van der Waals surface area (Å²) in [4.78, 5) is 0. The first-order valence-corrected chi connectivity index (χ1v) is 7.08. The van der Waals surface area contributed by atoms with E-state index >= 15 is 0 Å². The van der Waals surface area contributed by atoms with Gasteiger partial charge in [-0.05, 0) is 29.7 Å². The van der Waals surface area contributed by atoms with E-state index in [0.29, 0.717) is 11.5 Å². The zero-order valence-electron chi connectivity index (χ0n) is 13.0. The fourth-order valence-electron chi connectivity index (χ4n) is 2.78. The van der Waals surface area contributed by atoms with Gasteiger partial charge in [0.05, 0.1) is 14.2 Å². The van der Waals surface area contributed by atoms with E-state index in [1.165, 1.54) is 0 Å². The second kappa shape index (κ2) is 5.56. The molecule has 0 fully saturated rings. The third-order valence-corrected chi connectivity index (χ3v) is 3.85. The molecule has 0 saturated heterocycles. The average Bonchev–Trinajstić information content (AvgIpc) is 2.56. The molecule has 0 amide bonds. The Morgan fingerprint density at radius 1 is 0.955 bits per heavy atom. The fourth-order valence-corrected chi connectivity index (χ4v) is 2.78. The van der Waals surface area contributed by atoms with Crippen LogP contribution in [0, 0.1) is 6.92 Å². The number of aromatic nitrogens is 1. The van der Waals surface area contributed by atoms with Crippen molar-refractivity contribution in [1.82, 2.24) is 0 Å². The van der Waals surface area contributed by atoms with E-state index in [2.05, 4.69) is 0 Å². The van der Waals surface area contributed by atoms with Gasteiger partial charge in [0.2, 0.25) is 5.69 Å². The van der Waals surface area contributed by atoms with Gasteiger partial charge in [-0.15, -0.1) is 0 Å². The molecular weight excluding hydrogens is 276 g/mol. The number of pyridine rings is 1. The Balaban J connectivity index is 2.49. The molecular formula is C18H19N2O2+. The highest BCUT2D eigenvalue weighted by molar-refractivity contribution is 5.99. The van der Waals surface area contributed by atoms with Crippen molar-refractivity contribution in [3.63, 3.8) is 0 Å². The summed E-state index contributed by atoms with van der Waals surface area (Å²) in [7, 11) is 3.28. The molecule has 0 aliphatic carbocycles. The summed E-state index contributed by atoms with van der Waals surface area (Å²) in [5.74, 6) is 7.70. The topological polar surface area (TPSA) is 48.4 Å². The van der Waals surface area contributed by atoms with Gasteiger partial charge in [0.15, 0.2) is 11.5 Å². The molecule has 3 rings (SSSR count). The second-order valence-corrected chi connectivity index (χ2v) is 5.14. The van der Waals surface area contributed by atoms with Crippen LogP contribution < -0.4 is 20.0 Å². The predicted octanol–water partition coefficient (Wildman–Crippen LogP) is 2.83. The minimum Gasteiger partial charge on any atom is -0.493 e. The third kappa shape index (κ3) is 2.13. The lowest BCUT2D eigenvalue weighted by Crippen LogP contribution is -2.49. The van der Waals surface area contributed by atoms with Crippen molar-refractivity contribution in [3.05, 3.63) is 54.2 Å². The Hall–Kier alpha value is -2.75. The SMILES string of the molecule is COc1ccc2cc(C)[n+](N)c(-c3ccccc3)c2c1OC. The van der Waals surface area contributed by atoms with Gasteiger partial charge in [0.25, 0.3) is 5.69 Å². The standard InChI is InChI=1S/C18H19N2O2/c1-12-11-14-9-10-15(21-2)18(22-3)16(14)17(20(12)19)13-7-5-4-6-8-13/h4-11H,19H2,1-3H3/q+1. The lowest BCUT2D eigenvalue weighted by Gasteiger charge is -2.13. The number of nitrogen functional groups attached to an aromatic ring is 1. The van der Waals surface area contributed by atoms with Crippen LogP contribution in [-0.2, 0) is 0 Å². The lowest BCUT2D eigenvalue weighted by molar-refractivity contribution is -0.632. The molecule has 22 heavy (non-hydrogen) atoms. The van der Waals surface area contributed by atoms with Crippen LogP contribution in [0.2, 0.25) is 0 Å². The second-order valence-electron chi connectivity index (χ2n) is 5.14. The molecule has 0 aliphatic rings. The lowest BCUT2D eigenvalue weighted by atomic mass is 10.0. The summed E-state index contributed by atoms with van der Waals surface area (Å²) >= 11 is 0. The monoisotopic (exact) mass is 295 g/mol. The van der Waals surface area contributed by atoms with Gasteiger partial charge in [-0.25, -0.2) is 5.84 Å². The number of nitrogens with zero attached hydrogens (tertiary/aromatic N) is 1. The number of methoxy groups -OCH3 is 2. The largest absolute Gasteiger partial charge is 0.493 e. The van der Waals surface area contributed by atoms with Crippen LogP contribution in [0.5, 0.6) is 11.5 Å². The van der Waals surface area contributed by atoms with Crippen LogP contribution in [0.15, 0.2) is 48.5 Å². The number of aryl methyl sites for hydroxylation is 1. The van der Waals surface area contributed by atoms with E-state index in [0.717, 1.165) is 27.7 Å². The molecule has 2 N–H and O–H groups in total. The molecule has 1 heterocycles. The predicted molar refractivity (Wildman–Crippen MR) is 87.6 cm³/mol. The first kappa shape index (κ1) is 14.2. The fraction of sp³-hybridized carbons (Fsp3) is 0.167. The Morgan fingerprint density at radius 2 is 1.68 bits per heavy atom. The van der Waals surface area contributed by atoms with Crippen molar-refractivity contribution in [1.29, 1.82) is 0 Å². The van der Waals surface area contributed by atoms with Crippen molar-refractivity contribution in [2.24, 2.45) is 0 Å². The summed E-state index contributed by atoms with van der Waals surface area (Å²) in [5.41, 5.74) is 2.91. The molecule has 112 valence electrons. The quantitative estimate of drug-likeness (QED) is 0.597. The first-order valence-electron chi connectivity index (χ1n) is 7.08. The van der Waals surface area contributed by atoms with Crippen molar-refractivity contribution in [2.45, 2.75) is 6.92 Å². The van der Waals surface area contributed by atoms with E-state index in [1.54, 1.807) is 18.9 Å². The van der Waals surface area contributed by atoms with Gasteiger partial charge < -0.3 is 9.47 Å². The van der Waals surface area contributed by atoms with Crippen molar-refractivity contribution in [2.75, 3.05) is 20.1 Å². The highest BCUT2D eigenvalue weighted by Gasteiger charge is 2.24. The summed E-state index contributed by atoms with van der Waals surface area (Å²) in [5, 5.41) is 2.01.